The van der Waals surface area contributed by atoms with Gasteiger partial charge in [-0.05, 0) is 36.6 Å². The summed E-state index contributed by atoms with van der Waals surface area (Å²) in [6, 6.07) is 13.3. The molecule has 110 valence electrons. The van der Waals surface area contributed by atoms with Gasteiger partial charge in [0.1, 0.15) is 0 Å². The van der Waals surface area contributed by atoms with Crippen LogP contribution in [0.5, 0.6) is 0 Å². The Labute approximate surface area is 134 Å². The molecule has 1 saturated carbocycles. The number of pyridine rings is 1. The first-order valence-electron chi connectivity index (χ1n) is 7.35. The van der Waals surface area contributed by atoms with Gasteiger partial charge in [-0.15, -0.1) is 0 Å². The van der Waals surface area contributed by atoms with Crippen molar-refractivity contribution in [3.8, 4) is 0 Å². The lowest BCUT2D eigenvalue weighted by Crippen LogP contribution is -2.19. The second-order valence-electron chi connectivity index (χ2n) is 5.61. The number of nitrogens with zero attached hydrogens (tertiary/aromatic N) is 2. The highest BCUT2D eigenvalue weighted by Gasteiger charge is 2.20. The number of benzene rings is 1. The van der Waals surface area contributed by atoms with Crippen LogP contribution >= 0.6 is 15.9 Å². The van der Waals surface area contributed by atoms with Gasteiger partial charge >= 0.3 is 0 Å². The zero-order valence-corrected chi connectivity index (χ0v) is 13.8. The Morgan fingerprint density at radius 1 is 1.29 bits per heavy atom. The summed E-state index contributed by atoms with van der Waals surface area (Å²) in [6.07, 6.45) is 4.51. The van der Waals surface area contributed by atoms with Crippen molar-refractivity contribution in [3.05, 3.63) is 58.3 Å². The second kappa shape index (κ2) is 6.58. The highest BCUT2D eigenvalue weighted by atomic mass is 79.9. The van der Waals surface area contributed by atoms with Crippen LogP contribution in [-0.4, -0.2) is 18.1 Å². The van der Waals surface area contributed by atoms with E-state index in [4.69, 9.17) is 0 Å². The lowest BCUT2D eigenvalue weighted by molar-refractivity contribution is 0.674. The monoisotopic (exact) mass is 345 g/mol. The van der Waals surface area contributed by atoms with Crippen molar-refractivity contribution in [2.45, 2.75) is 32.0 Å². The number of anilines is 1. The number of nitrogens with one attached hydrogen (secondary N) is 1. The molecule has 3 nitrogen and oxygen atoms in total. The molecule has 1 N–H and O–H groups in total. The van der Waals surface area contributed by atoms with Gasteiger partial charge in [-0.2, -0.15) is 0 Å². The third kappa shape index (κ3) is 4.05. The standard InChI is InChI=1S/C17H20BrN3/c1-21(12-13-4-2-3-5-17(13)18)16-8-9-19-15(10-16)11-20-14-6-7-14/h2-5,8-10,14,20H,6-7,11-12H2,1H3. The van der Waals surface area contributed by atoms with Crippen molar-refractivity contribution in [1.29, 1.82) is 0 Å². The SMILES string of the molecule is CN(Cc1ccccc1Br)c1ccnc(CNC2CC2)c1. The number of hydrogen-bond acceptors (Lipinski definition) is 3. The van der Waals surface area contributed by atoms with Crippen molar-refractivity contribution in [1.82, 2.24) is 10.3 Å². The topological polar surface area (TPSA) is 28.2 Å². The number of halogens is 1. The molecule has 1 aromatic carbocycles. The molecule has 1 aliphatic carbocycles. The van der Waals surface area contributed by atoms with Crippen molar-refractivity contribution < 1.29 is 0 Å². The lowest BCUT2D eigenvalue weighted by Gasteiger charge is -2.20. The van der Waals surface area contributed by atoms with Gasteiger partial charge < -0.3 is 10.2 Å². The van der Waals surface area contributed by atoms with E-state index in [9.17, 15) is 0 Å². The Bertz CT molecular complexity index is 610. The minimum Gasteiger partial charge on any atom is -0.370 e. The van der Waals surface area contributed by atoms with Crippen molar-refractivity contribution >= 4 is 21.6 Å². The average molecular weight is 346 g/mol. The fraction of sp³-hybridized carbons (Fsp3) is 0.353. The van der Waals surface area contributed by atoms with E-state index in [0.29, 0.717) is 6.04 Å². The minimum atomic E-state index is 0.716. The molecule has 0 aliphatic heterocycles. The van der Waals surface area contributed by atoms with Crippen LogP contribution in [0.1, 0.15) is 24.1 Å². The quantitative estimate of drug-likeness (QED) is 0.864. The largest absolute Gasteiger partial charge is 0.370 e. The average Bonchev–Trinajstić information content (AvgIpc) is 3.32. The van der Waals surface area contributed by atoms with E-state index in [0.717, 1.165) is 23.3 Å². The molecule has 0 spiro atoms. The van der Waals surface area contributed by atoms with Crippen LogP contribution in [-0.2, 0) is 13.1 Å². The molecule has 0 unspecified atom stereocenters. The summed E-state index contributed by atoms with van der Waals surface area (Å²) in [4.78, 5) is 6.70. The van der Waals surface area contributed by atoms with Gasteiger partial charge in [0, 0.05) is 42.5 Å². The second-order valence-corrected chi connectivity index (χ2v) is 6.46. The summed E-state index contributed by atoms with van der Waals surface area (Å²) in [7, 11) is 2.12. The summed E-state index contributed by atoms with van der Waals surface area (Å²) in [5.41, 5.74) is 3.60. The van der Waals surface area contributed by atoms with Gasteiger partial charge in [-0.3, -0.25) is 4.98 Å². The molecular weight excluding hydrogens is 326 g/mol. The smallest absolute Gasteiger partial charge is 0.0562 e. The summed E-state index contributed by atoms with van der Waals surface area (Å²) >= 11 is 3.61. The molecule has 0 bridgehead atoms. The first-order valence-corrected chi connectivity index (χ1v) is 8.14. The van der Waals surface area contributed by atoms with Gasteiger partial charge in [0.2, 0.25) is 0 Å². The summed E-state index contributed by atoms with van der Waals surface area (Å²) < 4.78 is 1.15. The van der Waals surface area contributed by atoms with Gasteiger partial charge in [0.25, 0.3) is 0 Å². The van der Waals surface area contributed by atoms with Crippen molar-refractivity contribution in [2.24, 2.45) is 0 Å². The Balaban J connectivity index is 1.67. The van der Waals surface area contributed by atoms with E-state index >= 15 is 0 Å². The fourth-order valence-corrected chi connectivity index (χ4v) is 2.72. The predicted molar refractivity (Wildman–Crippen MR) is 90.3 cm³/mol. The van der Waals surface area contributed by atoms with Crippen LogP contribution in [0, 0.1) is 0 Å². The molecule has 3 rings (SSSR count). The van der Waals surface area contributed by atoms with E-state index in [-0.39, 0.29) is 0 Å². The predicted octanol–water partition coefficient (Wildman–Crippen LogP) is 3.73. The number of rotatable bonds is 6. The maximum absolute atomic E-state index is 4.45. The van der Waals surface area contributed by atoms with E-state index in [1.807, 2.05) is 12.3 Å². The molecule has 0 amide bonds. The summed E-state index contributed by atoms with van der Waals surface area (Å²) in [5.74, 6) is 0. The number of aromatic nitrogens is 1. The maximum Gasteiger partial charge on any atom is 0.0562 e. The van der Waals surface area contributed by atoms with Crippen LogP contribution < -0.4 is 10.2 Å². The third-order valence-electron chi connectivity index (χ3n) is 3.76. The molecule has 0 radical (unpaired) electrons. The Kier molecular flexibility index (Phi) is 4.56. The first-order chi connectivity index (χ1) is 10.2. The minimum absolute atomic E-state index is 0.716. The molecule has 1 heterocycles. The zero-order valence-electron chi connectivity index (χ0n) is 12.2. The van der Waals surface area contributed by atoms with Crippen molar-refractivity contribution in [3.63, 3.8) is 0 Å². The van der Waals surface area contributed by atoms with Crippen LogP contribution in [0.3, 0.4) is 0 Å². The Morgan fingerprint density at radius 2 is 2.10 bits per heavy atom. The molecule has 0 atom stereocenters. The molecule has 0 saturated heterocycles. The summed E-state index contributed by atoms with van der Waals surface area (Å²) in [6.45, 7) is 1.74. The molecule has 2 aromatic rings. The molecule has 21 heavy (non-hydrogen) atoms. The fourth-order valence-electron chi connectivity index (χ4n) is 2.31. The normalized spacial score (nSPS) is 14.2. The molecule has 4 heteroatoms. The van der Waals surface area contributed by atoms with Crippen LogP contribution in [0.25, 0.3) is 0 Å². The van der Waals surface area contributed by atoms with Gasteiger partial charge in [-0.1, -0.05) is 34.1 Å². The molecule has 1 aromatic heterocycles. The van der Waals surface area contributed by atoms with Gasteiger partial charge in [0.15, 0.2) is 0 Å². The first kappa shape index (κ1) is 14.5. The van der Waals surface area contributed by atoms with Gasteiger partial charge in [-0.25, -0.2) is 0 Å². The van der Waals surface area contributed by atoms with E-state index in [2.05, 4.69) is 68.5 Å². The van der Waals surface area contributed by atoms with Gasteiger partial charge in [0.05, 0.1) is 5.69 Å². The van der Waals surface area contributed by atoms with E-state index in [1.165, 1.54) is 24.1 Å². The van der Waals surface area contributed by atoms with E-state index in [1.54, 1.807) is 0 Å². The Morgan fingerprint density at radius 3 is 2.86 bits per heavy atom. The number of hydrogen-bond donors (Lipinski definition) is 1. The molecule has 1 aliphatic rings. The van der Waals surface area contributed by atoms with Crippen LogP contribution in [0.2, 0.25) is 0 Å². The third-order valence-corrected chi connectivity index (χ3v) is 4.53. The van der Waals surface area contributed by atoms with Crippen LogP contribution in [0.15, 0.2) is 47.1 Å². The lowest BCUT2D eigenvalue weighted by atomic mass is 10.2. The maximum atomic E-state index is 4.45. The molecular formula is C17H20BrN3. The van der Waals surface area contributed by atoms with Crippen LogP contribution in [0.4, 0.5) is 5.69 Å². The van der Waals surface area contributed by atoms with E-state index < -0.39 is 0 Å². The van der Waals surface area contributed by atoms with Crippen molar-refractivity contribution in [2.75, 3.05) is 11.9 Å². The molecule has 1 fully saturated rings. The highest BCUT2D eigenvalue weighted by Crippen LogP contribution is 2.22. The summed E-state index contributed by atoms with van der Waals surface area (Å²) in [5, 5.41) is 3.51. The highest BCUT2D eigenvalue weighted by molar-refractivity contribution is 9.10. The Hall–Kier alpha value is -1.39. The zero-order chi connectivity index (χ0) is 14.7.